The molecule has 1 aliphatic rings. The van der Waals surface area contributed by atoms with Gasteiger partial charge in [-0.2, -0.15) is 0 Å². The third-order valence-electron chi connectivity index (χ3n) is 3.44. The van der Waals surface area contributed by atoms with Crippen LogP contribution in [0.5, 0.6) is 11.5 Å². The fourth-order valence-electron chi connectivity index (χ4n) is 2.40. The van der Waals surface area contributed by atoms with Gasteiger partial charge in [-0.3, -0.25) is 9.59 Å². The Kier molecular flexibility index (Phi) is 3.89. The molecule has 118 valence electrons. The molecule has 6 heteroatoms. The number of ether oxygens (including phenoxy) is 2. The number of carbonyl (C=O) groups excluding carboxylic acids is 2. The third-order valence-corrected chi connectivity index (χ3v) is 3.44. The average molecular weight is 312 g/mol. The van der Waals surface area contributed by atoms with Gasteiger partial charge < -0.3 is 20.1 Å². The molecular formula is C17H16N2O4. The summed E-state index contributed by atoms with van der Waals surface area (Å²) in [4.78, 5) is 23.9. The lowest BCUT2D eigenvalue weighted by Gasteiger charge is -2.21. The highest BCUT2D eigenvalue weighted by Gasteiger charge is 2.21. The summed E-state index contributed by atoms with van der Waals surface area (Å²) in [7, 11) is 1.55. The van der Waals surface area contributed by atoms with E-state index in [1.54, 1.807) is 43.5 Å². The largest absolute Gasteiger partial charge is 0.497 e. The molecule has 0 unspecified atom stereocenters. The predicted octanol–water partition coefficient (Wildman–Crippen LogP) is 2.59. The standard InChI is InChI=1S/C17H16N2O4/c1-10-6-13-16(23-9-15(20)18-13)14(7-10)19-17(21)11-4-3-5-12(8-11)22-2/h3-8H,9H2,1-2H3,(H,18,20)(H,19,21). The predicted molar refractivity (Wildman–Crippen MR) is 86.3 cm³/mol. The van der Waals surface area contributed by atoms with Crippen molar-refractivity contribution >= 4 is 23.2 Å². The fourth-order valence-corrected chi connectivity index (χ4v) is 2.40. The van der Waals surface area contributed by atoms with E-state index in [0.717, 1.165) is 5.56 Å². The highest BCUT2D eigenvalue weighted by Crippen LogP contribution is 2.37. The lowest BCUT2D eigenvalue weighted by atomic mass is 10.1. The van der Waals surface area contributed by atoms with E-state index in [4.69, 9.17) is 9.47 Å². The number of fused-ring (bicyclic) bond motifs is 1. The zero-order valence-corrected chi connectivity index (χ0v) is 12.8. The number of amides is 2. The Labute approximate surface area is 133 Å². The van der Waals surface area contributed by atoms with Crippen molar-refractivity contribution in [1.29, 1.82) is 0 Å². The molecule has 0 atom stereocenters. The van der Waals surface area contributed by atoms with Gasteiger partial charge in [0.25, 0.3) is 11.8 Å². The Hall–Kier alpha value is -3.02. The molecule has 0 fully saturated rings. The van der Waals surface area contributed by atoms with E-state index in [2.05, 4.69) is 10.6 Å². The molecule has 2 N–H and O–H groups in total. The summed E-state index contributed by atoms with van der Waals surface area (Å²) in [5.41, 5.74) is 2.45. The normalized spacial score (nSPS) is 12.7. The summed E-state index contributed by atoms with van der Waals surface area (Å²) in [6.07, 6.45) is 0. The van der Waals surface area contributed by atoms with E-state index in [9.17, 15) is 9.59 Å². The van der Waals surface area contributed by atoms with E-state index < -0.39 is 0 Å². The summed E-state index contributed by atoms with van der Waals surface area (Å²) >= 11 is 0. The van der Waals surface area contributed by atoms with Crippen LogP contribution in [0.4, 0.5) is 11.4 Å². The Bertz CT molecular complexity index is 786. The van der Waals surface area contributed by atoms with Gasteiger partial charge in [0, 0.05) is 5.56 Å². The maximum absolute atomic E-state index is 12.4. The number of nitrogens with one attached hydrogen (secondary N) is 2. The summed E-state index contributed by atoms with van der Waals surface area (Å²) in [6.45, 7) is 1.81. The smallest absolute Gasteiger partial charge is 0.262 e. The van der Waals surface area contributed by atoms with Crippen LogP contribution in [0.1, 0.15) is 15.9 Å². The molecule has 3 rings (SSSR count). The number of hydrogen-bond donors (Lipinski definition) is 2. The van der Waals surface area contributed by atoms with Crippen LogP contribution in [0.3, 0.4) is 0 Å². The zero-order valence-electron chi connectivity index (χ0n) is 12.8. The molecule has 0 saturated heterocycles. The molecule has 2 aromatic carbocycles. The van der Waals surface area contributed by atoms with E-state index in [-0.39, 0.29) is 18.4 Å². The molecule has 0 saturated carbocycles. The van der Waals surface area contributed by atoms with Crippen LogP contribution in [-0.4, -0.2) is 25.5 Å². The molecule has 0 aromatic heterocycles. The molecular weight excluding hydrogens is 296 g/mol. The second-order valence-corrected chi connectivity index (χ2v) is 5.21. The van der Waals surface area contributed by atoms with Crippen molar-refractivity contribution < 1.29 is 19.1 Å². The van der Waals surface area contributed by atoms with Crippen LogP contribution >= 0.6 is 0 Å². The van der Waals surface area contributed by atoms with Crippen LogP contribution in [0.15, 0.2) is 36.4 Å². The van der Waals surface area contributed by atoms with Crippen molar-refractivity contribution in [1.82, 2.24) is 0 Å². The fraction of sp³-hybridized carbons (Fsp3) is 0.176. The van der Waals surface area contributed by atoms with Gasteiger partial charge in [0.2, 0.25) is 0 Å². The minimum Gasteiger partial charge on any atom is -0.497 e. The third kappa shape index (κ3) is 3.11. The van der Waals surface area contributed by atoms with E-state index in [1.165, 1.54) is 0 Å². The highest BCUT2D eigenvalue weighted by atomic mass is 16.5. The van der Waals surface area contributed by atoms with Crippen LogP contribution < -0.4 is 20.1 Å². The first-order valence-corrected chi connectivity index (χ1v) is 7.09. The molecule has 2 amide bonds. The molecule has 1 heterocycles. The van der Waals surface area contributed by atoms with Gasteiger partial charge in [0.05, 0.1) is 18.5 Å². The lowest BCUT2D eigenvalue weighted by molar-refractivity contribution is -0.118. The number of anilines is 2. The molecule has 23 heavy (non-hydrogen) atoms. The van der Waals surface area contributed by atoms with Crippen molar-refractivity contribution in [2.45, 2.75) is 6.92 Å². The highest BCUT2D eigenvalue weighted by molar-refractivity contribution is 6.07. The first kappa shape index (κ1) is 14.9. The Morgan fingerprint density at radius 1 is 1.30 bits per heavy atom. The topological polar surface area (TPSA) is 76.7 Å². The lowest BCUT2D eigenvalue weighted by Crippen LogP contribution is -2.26. The molecule has 0 radical (unpaired) electrons. The van der Waals surface area contributed by atoms with Crippen LogP contribution in [0, 0.1) is 6.92 Å². The number of rotatable bonds is 3. The van der Waals surface area contributed by atoms with Gasteiger partial charge in [-0.15, -0.1) is 0 Å². The minimum atomic E-state index is -0.280. The second kappa shape index (κ2) is 6.00. The van der Waals surface area contributed by atoms with Gasteiger partial charge in [-0.25, -0.2) is 0 Å². The van der Waals surface area contributed by atoms with Crippen molar-refractivity contribution in [3.8, 4) is 11.5 Å². The van der Waals surface area contributed by atoms with Gasteiger partial charge in [-0.05, 0) is 42.8 Å². The Morgan fingerprint density at radius 3 is 2.91 bits per heavy atom. The zero-order chi connectivity index (χ0) is 16.4. The van der Waals surface area contributed by atoms with Crippen molar-refractivity contribution in [3.63, 3.8) is 0 Å². The Balaban J connectivity index is 1.90. The maximum atomic E-state index is 12.4. The number of carbonyl (C=O) groups is 2. The molecule has 1 aliphatic heterocycles. The molecule has 2 aromatic rings. The van der Waals surface area contributed by atoms with Gasteiger partial charge in [0.15, 0.2) is 12.4 Å². The molecule has 0 spiro atoms. The maximum Gasteiger partial charge on any atom is 0.262 e. The van der Waals surface area contributed by atoms with Gasteiger partial charge in [0.1, 0.15) is 5.75 Å². The van der Waals surface area contributed by atoms with E-state index in [0.29, 0.717) is 28.4 Å². The number of aryl methyl sites for hydroxylation is 1. The summed E-state index contributed by atoms with van der Waals surface area (Å²) in [5, 5.41) is 5.56. The summed E-state index contributed by atoms with van der Waals surface area (Å²) < 4.78 is 10.6. The summed E-state index contributed by atoms with van der Waals surface area (Å²) in [6, 6.07) is 10.5. The number of methoxy groups -OCH3 is 1. The second-order valence-electron chi connectivity index (χ2n) is 5.21. The minimum absolute atomic E-state index is 0.0713. The van der Waals surface area contributed by atoms with Crippen molar-refractivity contribution in [2.75, 3.05) is 24.4 Å². The van der Waals surface area contributed by atoms with E-state index >= 15 is 0 Å². The SMILES string of the molecule is COc1cccc(C(=O)Nc2cc(C)cc3c2OCC(=O)N3)c1. The number of benzene rings is 2. The van der Waals surface area contributed by atoms with Crippen molar-refractivity contribution in [2.24, 2.45) is 0 Å². The molecule has 6 nitrogen and oxygen atoms in total. The quantitative estimate of drug-likeness (QED) is 0.913. The van der Waals surface area contributed by atoms with E-state index in [1.807, 2.05) is 6.92 Å². The average Bonchev–Trinajstić information content (AvgIpc) is 2.54. The first-order valence-electron chi connectivity index (χ1n) is 7.09. The van der Waals surface area contributed by atoms with Crippen LogP contribution in [0.2, 0.25) is 0 Å². The van der Waals surface area contributed by atoms with Gasteiger partial charge in [-0.1, -0.05) is 6.07 Å². The van der Waals surface area contributed by atoms with Crippen molar-refractivity contribution in [3.05, 3.63) is 47.5 Å². The molecule has 0 aliphatic carbocycles. The Morgan fingerprint density at radius 2 is 2.13 bits per heavy atom. The van der Waals surface area contributed by atoms with Crippen LogP contribution in [-0.2, 0) is 4.79 Å². The molecule has 0 bridgehead atoms. The summed E-state index contributed by atoms with van der Waals surface area (Å²) in [5.74, 6) is 0.573. The monoisotopic (exact) mass is 312 g/mol. The number of hydrogen-bond acceptors (Lipinski definition) is 4. The first-order chi connectivity index (χ1) is 11.1. The van der Waals surface area contributed by atoms with Crippen LogP contribution in [0.25, 0.3) is 0 Å². The van der Waals surface area contributed by atoms with Gasteiger partial charge >= 0.3 is 0 Å².